The molecular weight excluding hydrogens is 380 g/mol. The molecule has 0 saturated heterocycles. The molecule has 4 rings (SSSR count). The van der Waals surface area contributed by atoms with Gasteiger partial charge in [0.05, 0.1) is 23.9 Å². The van der Waals surface area contributed by atoms with E-state index in [1.807, 2.05) is 24.5 Å². The highest BCUT2D eigenvalue weighted by molar-refractivity contribution is 5.75. The molecule has 4 heterocycles. The van der Waals surface area contributed by atoms with Gasteiger partial charge in [0.25, 0.3) is 0 Å². The standard InChI is InChI=1S/C19H15F2N7O/c1-11(2)27-10-24-17(13-4-3-5-16(25-13)29-19(20)21)18(27)14-6-7-15-23-9-12(8-22)28(15)26-14/h3-7,9-11,19H,1-2H3. The average Bonchev–Trinajstić information content (AvgIpc) is 3.31. The van der Waals surface area contributed by atoms with Crippen LogP contribution in [0.15, 0.2) is 42.9 Å². The highest BCUT2D eigenvalue weighted by atomic mass is 19.3. The average molecular weight is 395 g/mol. The monoisotopic (exact) mass is 395 g/mol. The predicted molar refractivity (Wildman–Crippen MR) is 99.2 cm³/mol. The lowest BCUT2D eigenvalue weighted by Gasteiger charge is -2.13. The predicted octanol–water partition coefficient (Wildman–Crippen LogP) is 3.71. The summed E-state index contributed by atoms with van der Waals surface area (Å²) < 4.78 is 32.9. The van der Waals surface area contributed by atoms with E-state index in [1.54, 1.807) is 30.6 Å². The SMILES string of the molecule is CC(C)n1cnc(-c2cccc(OC(F)F)n2)c1-c1ccc2ncc(C#N)n2n1. The first kappa shape index (κ1) is 18.5. The number of halogens is 2. The molecule has 4 aromatic heterocycles. The number of imidazole rings is 2. The lowest BCUT2D eigenvalue weighted by molar-refractivity contribution is -0.0527. The maximum Gasteiger partial charge on any atom is 0.388 e. The van der Waals surface area contributed by atoms with Gasteiger partial charge in [0.1, 0.15) is 17.5 Å². The number of aromatic nitrogens is 6. The van der Waals surface area contributed by atoms with Crippen molar-refractivity contribution in [3.63, 3.8) is 0 Å². The molecule has 0 spiro atoms. The van der Waals surface area contributed by atoms with Crippen LogP contribution in [0.25, 0.3) is 28.4 Å². The zero-order valence-corrected chi connectivity index (χ0v) is 15.5. The van der Waals surface area contributed by atoms with Gasteiger partial charge in [-0.15, -0.1) is 0 Å². The van der Waals surface area contributed by atoms with Crippen LogP contribution < -0.4 is 4.74 Å². The van der Waals surface area contributed by atoms with E-state index in [-0.39, 0.29) is 11.9 Å². The Balaban J connectivity index is 1.90. The van der Waals surface area contributed by atoms with Crippen molar-refractivity contribution in [2.24, 2.45) is 0 Å². The van der Waals surface area contributed by atoms with Gasteiger partial charge in [-0.05, 0) is 32.0 Å². The number of ether oxygens (including phenoxy) is 1. The zero-order chi connectivity index (χ0) is 20.5. The molecule has 0 aliphatic rings. The molecule has 0 aromatic carbocycles. The minimum atomic E-state index is -2.97. The zero-order valence-electron chi connectivity index (χ0n) is 15.5. The first-order valence-corrected chi connectivity index (χ1v) is 8.72. The van der Waals surface area contributed by atoms with Gasteiger partial charge >= 0.3 is 6.61 Å². The minimum absolute atomic E-state index is 0.0440. The van der Waals surface area contributed by atoms with E-state index in [2.05, 4.69) is 24.8 Å². The van der Waals surface area contributed by atoms with E-state index in [4.69, 9.17) is 0 Å². The fourth-order valence-electron chi connectivity index (χ4n) is 2.97. The molecule has 0 N–H and O–H groups in total. The number of nitriles is 1. The molecule has 0 radical (unpaired) electrons. The first-order valence-electron chi connectivity index (χ1n) is 8.72. The van der Waals surface area contributed by atoms with Gasteiger partial charge in [0.2, 0.25) is 5.88 Å². The third kappa shape index (κ3) is 3.38. The minimum Gasteiger partial charge on any atom is -0.417 e. The van der Waals surface area contributed by atoms with E-state index in [9.17, 15) is 14.0 Å². The fourth-order valence-corrected chi connectivity index (χ4v) is 2.97. The Kier molecular flexibility index (Phi) is 4.64. The number of pyridine rings is 1. The van der Waals surface area contributed by atoms with Crippen molar-refractivity contribution in [1.29, 1.82) is 5.26 Å². The van der Waals surface area contributed by atoms with Crippen molar-refractivity contribution in [2.75, 3.05) is 0 Å². The molecule has 0 aliphatic heterocycles. The van der Waals surface area contributed by atoms with Crippen LogP contribution in [0.4, 0.5) is 8.78 Å². The van der Waals surface area contributed by atoms with Gasteiger partial charge in [0, 0.05) is 12.1 Å². The summed E-state index contributed by atoms with van der Waals surface area (Å²) in [5.74, 6) is -0.202. The Hall–Kier alpha value is -3.87. The van der Waals surface area contributed by atoms with Crippen LogP contribution in [-0.4, -0.2) is 35.7 Å². The largest absolute Gasteiger partial charge is 0.417 e. The number of rotatable bonds is 5. The van der Waals surface area contributed by atoms with Crippen molar-refractivity contribution in [2.45, 2.75) is 26.5 Å². The summed E-state index contributed by atoms with van der Waals surface area (Å²) in [5, 5.41) is 13.8. The second-order valence-electron chi connectivity index (χ2n) is 6.43. The molecule has 29 heavy (non-hydrogen) atoms. The van der Waals surface area contributed by atoms with Gasteiger partial charge in [-0.3, -0.25) is 0 Å². The summed E-state index contributed by atoms with van der Waals surface area (Å²) in [4.78, 5) is 12.7. The Morgan fingerprint density at radius 2 is 1.93 bits per heavy atom. The molecule has 4 aromatic rings. The summed E-state index contributed by atoms with van der Waals surface area (Å²) in [7, 11) is 0. The molecule has 0 bridgehead atoms. The molecule has 8 nitrogen and oxygen atoms in total. The smallest absolute Gasteiger partial charge is 0.388 e. The Labute approximate surface area is 164 Å². The summed E-state index contributed by atoms with van der Waals surface area (Å²) >= 11 is 0. The van der Waals surface area contributed by atoms with Crippen molar-refractivity contribution >= 4 is 5.65 Å². The van der Waals surface area contributed by atoms with Gasteiger partial charge in [-0.25, -0.2) is 19.5 Å². The van der Waals surface area contributed by atoms with Crippen LogP contribution in [0.5, 0.6) is 5.88 Å². The number of fused-ring (bicyclic) bond motifs is 1. The Bertz CT molecular complexity index is 1220. The van der Waals surface area contributed by atoms with Crippen LogP contribution >= 0.6 is 0 Å². The summed E-state index contributed by atoms with van der Waals surface area (Å²) in [6, 6.07) is 10.2. The maximum atomic E-state index is 12.6. The fraction of sp³-hybridized carbons (Fsp3) is 0.211. The Morgan fingerprint density at radius 1 is 1.10 bits per heavy atom. The third-order valence-corrected chi connectivity index (χ3v) is 4.25. The number of alkyl halides is 2. The van der Waals surface area contributed by atoms with E-state index >= 15 is 0 Å². The molecule has 0 amide bonds. The molecule has 10 heteroatoms. The molecular formula is C19H15F2N7O. The molecule has 0 atom stereocenters. The van der Waals surface area contributed by atoms with Crippen LogP contribution in [-0.2, 0) is 0 Å². The highest BCUT2D eigenvalue weighted by Crippen LogP contribution is 2.32. The van der Waals surface area contributed by atoms with E-state index < -0.39 is 6.61 Å². The van der Waals surface area contributed by atoms with Crippen molar-refractivity contribution in [3.05, 3.63) is 48.5 Å². The van der Waals surface area contributed by atoms with Crippen LogP contribution in [0, 0.1) is 11.3 Å². The quantitative estimate of drug-likeness (QED) is 0.511. The summed E-state index contributed by atoms with van der Waals surface area (Å²) in [6.45, 7) is 0.991. The second kappa shape index (κ2) is 7.27. The number of nitrogens with zero attached hydrogens (tertiary/aromatic N) is 7. The third-order valence-electron chi connectivity index (χ3n) is 4.25. The van der Waals surface area contributed by atoms with E-state index in [0.29, 0.717) is 34.1 Å². The molecule has 0 unspecified atom stereocenters. The van der Waals surface area contributed by atoms with Crippen molar-refractivity contribution in [1.82, 2.24) is 29.1 Å². The Morgan fingerprint density at radius 3 is 2.66 bits per heavy atom. The van der Waals surface area contributed by atoms with Crippen LogP contribution in [0.3, 0.4) is 0 Å². The topological polar surface area (TPSA) is 93.9 Å². The second-order valence-corrected chi connectivity index (χ2v) is 6.43. The van der Waals surface area contributed by atoms with Crippen LogP contribution in [0.2, 0.25) is 0 Å². The molecule has 0 fully saturated rings. The molecule has 0 aliphatic carbocycles. The van der Waals surface area contributed by atoms with Gasteiger partial charge < -0.3 is 9.30 Å². The van der Waals surface area contributed by atoms with E-state index in [0.717, 1.165) is 0 Å². The highest BCUT2D eigenvalue weighted by Gasteiger charge is 2.20. The summed E-state index contributed by atoms with van der Waals surface area (Å²) in [6.07, 6.45) is 3.09. The van der Waals surface area contributed by atoms with Crippen molar-refractivity contribution < 1.29 is 13.5 Å². The molecule has 146 valence electrons. The number of hydrogen-bond donors (Lipinski definition) is 0. The van der Waals surface area contributed by atoms with Crippen LogP contribution in [0.1, 0.15) is 25.6 Å². The van der Waals surface area contributed by atoms with Gasteiger partial charge in [-0.2, -0.15) is 19.1 Å². The normalized spacial score (nSPS) is 11.3. The number of hydrogen-bond acceptors (Lipinski definition) is 6. The lowest BCUT2D eigenvalue weighted by Crippen LogP contribution is -2.06. The molecule has 0 saturated carbocycles. The van der Waals surface area contributed by atoms with Gasteiger partial charge in [-0.1, -0.05) is 6.07 Å². The van der Waals surface area contributed by atoms with Crippen molar-refractivity contribution in [3.8, 4) is 34.7 Å². The summed E-state index contributed by atoms with van der Waals surface area (Å²) in [5.41, 5.74) is 2.84. The van der Waals surface area contributed by atoms with E-state index in [1.165, 1.54) is 16.8 Å². The maximum absolute atomic E-state index is 12.6. The van der Waals surface area contributed by atoms with Gasteiger partial charge in [0.15, 0.2) is 11.3 Å². The first-order chi connectivity index (χ1) is 14.0. The lowest BCUT2D eigenvalue weighted by atomic mass is 10.1.